The first-order chi connectivity index (χ1) is 16.8. The third kappa shape index (κ3) is 3.12. The predicted molar refractivity (Wildman–Crippen MR) is 123 cm³/mol. The van der Waals surface area contributed by atoms with Gasteiger partial charge in [0.2, 0.25) is 17.7 Å². The third-order valence-corrected chi connectivity index (χ3v) is 7.30. The molecule has 2 aliphatic rings. The molecule has 1 fully saturated rings. The molecule has 0 saturated carbocycles. The number of carbonyl (C=O) groups excluding carboxylic acids is 1. The van der Waals surface area contributed by atoms with Crippen molar-refractivity contribution in [2.75, 3.05) is 11.9 Å². The van der Waals surface area contributed by atoms with E-state index in [0.717, 1.165) is 10.6 Å². The van der Waals surface area contributed by atoms with E-state index >= 15 is 0 Å². The van der Waals surface area contributed by atoms with Gasteiger partial charge in [0.15, 0.2) is 0 Å². The Morgan fingerprint density at radius 1 is 1.14 bits per heavy atom. The Morgan fingerprint density at radius 2 is 1.78 bits per heavy atom. The molecule has 2 bridgehead atoms. The summed E-state index contributed by atoms with van der Waals surface area (Å²) < 4.78 is 47.8. The highest BCUT2D eigenvalue weighted by molar-refractivity contribution is 5.96. The van der Waals surface area contributed by atoms with E-state index < -0.39 is 46.2 Å². The van der Waals surface area contributed by atoms with Crippen molar-refractivity contribution in [1.82, 2.24) is 4.57 Å². The van der Waals surface area contributed by atoms with E-state index in [-0.39, 0.29) is 29.1 Å². The van der Waals surface area contributed by atoms with Crippen LogP contribution in [0.25, 0.3) is 5.69 Å². The molecule has 1 aromatic heterocycles. The lowest BCUT2D eigenvalue weighted by Gasteiger charge is -2.32. The van der Waals surface area contributed by atoms with Gasteiger partial charge in [-0.25, -0.2) is 0 Å². The van der Waals surface area contributed by atoms with Gasteiger partial charge in [-0.1, -0.05) is 18.2 Å². The molecule has 0 spiro atoms. The van der Waals surface area contributed by atoms with Crippen LogP contribution >= 0.6 is 0 Å². The van der Waals surface area contributed by atoms with Gasteiger partial charge >= 0.3 is 6.18 Å². The maximum absolute atomic E-state index is 13.6. The highest BCUT2D eigenvalue weighted by Crippen LogP contribution is 2.66. The summed E-state index contributed by atoms with van der Waals surface area (Å²) in [6.45, 7) is 3.31. The number of hydrogen-bond donors (Lipinski definition) is 2. The number of aromatic hydroxyl groups is 2. The van der Waals surface area contributed by atoms with Crippen molar-refractivity contribution in [2.24, 2.45) is 5.92 Å². The summed E-state index contributed by atoms with van der Waals surface area (Å²) in [5.41, 5.74) is -3.39. The third-order valence-electron chi connectivity index (χ3n) is 7.30. The van der Waals surface area contributed by atoms with Crippen molar-refractivity contribution in [3.8, 4) is 23.5 Å². The minimum Gasteiger partial charge on any atom is -0.494 e. The molecule has 0 radical (unpaired) electrons. The van der Waals surface area contributed by atoms with E-state index in [9.17, 15) is 28.2 Å². The van der Waals surface area contributed by atoms with Gasteiger partial charge in [0, 0.05) is 12.7 Å². The number of rotatable bonds is 3. The highest BCUT2D eigenvalue weighted by Gasteiger charge is 2.66. The Morgan fingerprint density at radius 3 is 2.39 bits per heavy atom. The van der Waals surface area contributed by atoms with Gasteiger partial charge in [0.1, 0.15) is 5.60 Å². The summed E-state index contributed by atoms with van der Waals surface area (Å²) >= 11 is 0. The van der Waals surface area contributed by atoms with Crippen LogP contribution in [0.5, 0.6) is 11.8 Å². The zero-order valence-electron chi connectivity index (χ0n) is 19.6. The van der Waals surface area contributed by atoms with Crippen molar-refractivity contribution in [2.45, 2.75) is 37.6 Å². The van der Waals surface area contributed by atoms with Gasteiger partial charge in [-0.3, -0.25) is 9.36 Å². The number of amides is 1. The van der Waals surface area contributed by atoms with Crippen LogP contribution in [0.4, 0.5) is 18.9 Å². The number of fused-ring (bicyclic) bond motifs is 5. The molecule has 0 aliphatic carbocycles. The van der Waals surface area contributed by atoms with Crippen molar-refractivity contribution in [1.29, 1.82) is 5.26 Å². The lowest BCUT2D eigenvalue weighted by molar-refractivity contribution is -0.137. The molecule has 3 aromatic rings. The van der Waals surface area contributed by atoms with Crippen molar-refractivity contribution in [3.63, 3.8) is 0 Å². The molecule has 186 valence electrons. The van der Waals surface area contributed by atoms with Crippen LogP contribution in [0.1, 0.15) is 42.5 Å². The minimum absolute atomic E-state index is 0.159. The first kappa shape index (κ1) is 23.8. The maximum atomic E-state index is 13.6. The Labute approximate surface area is 204 Å². The molecule has 3 atom stereocenters. The second-order valence-electron chi connectivity index (χ2n) is 9.50. The standard InChI is InChI=1S/C26H22F3N3O4/c1-24-12-18(21(33)31(3)15-7-5-4-6-8-15)25(2,36-24)20-19(24)22(34)32(23(20)35)16-10-9-14(13-30)17(11-16)26(27,28)29/h4-11,18,34-35H,12H2,1-3H3/t18-,24?,25?/m0/s1. The molecule has 2 aromatic carbocycles. The molecule has 5 rings (SSSR count). The fraction of sp³-hybridized carbons (Fsp3) is 0.308. The van der Waals surface area contributed by atoms with Gasteiger partial charge in [-0.15, -0.1) is 0 Å². The average molecular weight is 497 g/mol. The smallest absolute Gasteiger partial charge is 0.417 e. The second kappa shape index (κ2) is 7.51. The monoisotopic (exact) mass is 497 g/mol. The Hall–Kier alpha value is -3.97. The molecule has 7 nitrogen and oxygen atoms in total. The zero-order valence-corrected chi connectivity index (χ0v) is 19.6. The first-order valence-electron chi connectivity index (χ1n) is 11.2. The lowest BCUT2D eigenvalue weighted by Crippen LogP contribution is -2.42. The van der Waals surface area contributed by atoms with Crippen molar-refractivity contribution in [3.05, 3.63) is 70.8 Å². The average Bonchev–Trinajstić information content (AvgIpc) is 3.38. The fourth-order valence-electron chi connectivity index (χ4n) is 5.65. The summed E-state index contributed by atoms with van der Waals surface area (Å²) in [6, 6.07) is 13.4. The van der Waals surface area contributed by atoms with E-state index in [1.54, 1.807) is 45.2 Å². The molecule has 2 aliphatic heterocycles. The molecule has 1 amide bonds. The number of nitriles is 1. The number of para-hydroxylation sites is 1. The van der Waals surface area contributed by atoms with E-state index in [0.29, 0.717) is 11.8 Å². The van der Waals surface area contributed by atoms with Crippen LogP contribution < -0.4 is 4.90 Å². The highest BCUT2D eigenvalue weighted by atomic mass is 19.4. The van der Waals surface area contributed by atoms with E-state index in [1.807, 2.05) is 6.07 Å². The number of halogens is 3. The molecule has 2 unspecified atom stereocenters. The van der Waals surface area contributed by atoms with Crippen LogP contribution in [-0.2, 0) is 26.9 Å². The summed E-state index contributed by atoms with van der Waals surface area (Å²) in [4.78, 5) is 15.0. The number of aromatic nitrogens is 1. The van der Waals surface area contributed by atoms with Gasteiger partial charge in [0.25, 0.3) is 0 Å². The maximum Gasteiger partial charge on any atom is 0.417 e. The molecular formula is C26H22F3N3O4. The van der Waals surface area contributed by atoms with Gasteiger partial charge in [0.05, 0.1) is 45.5 Å². The Balaban J connectivity index is 1.63. The van der Waals surface area contributed by atoms with E-state index in [4.69, 9.17) is 10.00 Å². The van der Waals surface area contributed by atoms with Crippen LogP contribution in [0.3, 0.4) is 0 Å². The Kier molecular flexibility index (Phi) is 4.96. The van der Waals surface area contributed by atoms with Gasteiger partial charge in [-0.05, 0) is 50.6 Å². The first-order valence-corrected chi connectivity index (χ1v) is 11.2. The zero-order chi connectivity index (χ0) is 26.2. The van der Waals surface area contributed by atoms with Gasteiger partial charge < -0.3 is 19.8 Å². The molecule has 10 heteroatoms. The normalized spacial score (nSPS) is 24.4. The van der Waals surface area contributed by atoms with Crippen LogP contribution in [0.2, 0.25) is 0 Å². The summed E-state index contributed by atoms with van der Waals surface area (Å²) in [7, 11) is 1.63. The molecule has 1 saturated heterocycles. The van der Waals surface area contributed by atoms with E-state index in [1.165, 1.54) is 17.0 Å². The predicted octanol–water partition coefficient (Wildman–Crippen LogP) is 4.92. The van der Waals surface area contributed by atoms with Crippen LogP contribution in [-0.4, -0.2) is 27.7 Å². The molecular weight excluding hydrogens is 475 g/mol. The Bertz CT molecular complexity index is 1440. The van der Waals surface area contributed by atoms with Crippen molar-refractivity contribution < 1.29 is 32.9 Å². The second-order valence-corrected chi connectivity index (χ2v) is 9.50. The largest absolute Gasteiger partial charge is 0.494 e. The summed E-state index contributed by atoms with van der Waals surface area (Å²) in [6.07, 6.45) is -4.62. The SMILES string of the molecule is CN(C(=O)[C@@H]1CC2(C)OC1(C)c1c2c(O)n(-c2ccc(C#N)c(C(F)(F)F)c2)c1O)c1ccccc1. The van der Waals surface area contributed by atoms with Crippen LogP contribution in [0.15, 0.2) is 48.5 Å². The summed E-state index contributed by atoms with van der Waals surface area (Å²) in [5.74, 6) is -1.99. The number of nitrogens with zero attached hydrogens (tertiary/aromatic N) is 3. The minimum atomic E-state index is -4.82. The quantitative estimate of drug-likeness (QED) is 0.535. The molecule has 3 heterocycles. The topological polar surface area (TPSA) is 98.7 Å². The number of benzene rings is 2. The number of alkyl halides is 3. The van der Waals surface area contributed by atoms with Gasteiger partial charge in [-0.2, -0.15) is 18.4 Å². The summed E-state index contributed by atoms with van der Waals surface area (Å²) in [5, 5.41) is 31.4. The van der Waals surface area contributed by atoms with Crippen LogP contribution in [0, 0.1) is 17.2 Å². The number of hydrogen-bond acceptors (Lipinski definition) is 5. The van der Waals surface area contributed by atoms with E-state index in [2.05, 4.69) is 0 Å². The molecule has 2 N–H and O–H groups in total. The fourth-order valence-corrected chi connectivity index (χ4v) is 5.65. The number of carbonyl (C=O) groups is 1. The number of anilines is 1. The number of ether oxygens (including phenoxy) is 1. The molecule has 36 heavy (non-hydrogen) atoms. The van der Waals surface area contributed by atoms with Crippen molar-refractivity contribution >= 4 is 11.6 Å². The lowest BCUT2D eigenvalue weighted by atomic mass is 9.72.